The fourth-order valence-electron chi connectivity index (χ4n) is 8.08. The van der Waals surface area contributed by atoms with Crippen LogP contribution in [0.4, 0.5) is 19.1 Å². The number of nitrogens with zero attached hydrogens (tertiary/aromatic N) is 7. The predicted molar refractivity (Wildman–Crippen MR) is 220 cm³/mol. The summed E-state index contributed by atoms with van der Waals surface area (Å²) in [5, 5.41) is 0.345. The fraction of sp³-hybridized carbons (Fsp3) is 0.239. The van der Waals surface area contributed by atoms with Crippen molar-refractivity contribution in [2.45, 2.75) is 44.8 Å². The van der Waals surface area contributed by atoms with Crippen LogP contribution in [-0.4, -0.2) is 60.8 Å². The van der Waals surface area contributed by atoms with Crippen LogP contribution in [0.3, 0.4) is 0 Å². The molecule has 1 unspecified atom stereocenters. The van der Waals surface area contributed by atoms with Crippen LogP contribution in [-0.2, 0) is 41.5 Å². The fourth-order valence-corrected chi connectivity index (χ4v) is 8.08. The number of hydrogen-bond donors (Lipinski definition) is 0. The number of anilines is 1. The maximum absolute atomic E-state index is 14.7. The first kappa shape index (κ1) is 39.2. The Morgan fingerprint density at radius 3 is 1.93 bits per heavy atom. The number of amides is 1. The average Bonchev–Trinajstić information content (AvgIpc) is 3.48. The van der Waals surface area contributed by atoms with Crippen molar-refractivity contribution < 1.29 is 22.7 Å². The minimum Gasteiger partial charge on any atom is -0.355 e. The van der Waals surface area contributed by atoms with Crippen LogP contribution < -0.4 is 10.5 Å². The number of halogens is 3. The number of carbonyl (C=O) groups is 1. The number of rotatable bonds is 10. The maximum atomic E-state index is 14.7. The van der Waals surface area contributed by atoms with Gasteiger partial charge >= 0.3 is 6.18 Å². The second kappa shape index (κ2) is 16.0. The molecule has 1 amide bonds. The smallest absolute Gasteiger partial charge is 0.355 e. The second-order valence-electron chi connectivity index (χ2n) is 14.8. The third-order valence-corrected chi connectivity index (χ3v) is 11.1. The van der Waals surface area contributed by atoms with Crippen LogP contribution in [0.1, 0.15) is 47.5 Å². The van der Waals surface area contributed by atoms with Crippen LogP contribution in [0, 0.1) is 0 Å². The molecular formula is C46H42F3N7O3. The molecule has 0 radical (unpaired) electrons. The highest BCUT2D eigenvalue weighted by Gasteiger charge is 2.39. The highest BCUT2D eigenvalue weighted by atomic mass is 19.4. The van der Waals surface area contributed by atoms with Gasteiger partial charge in [-0.15, -0.1) is 0 Å². The Hall–Kier alpha value is -6.60. The molecule has 8 rings (SSSR count). The molecule has 0 aliphatic carbocycles. The van der Waals surface area contributed by atoms with E-state index < -0.39 is 17.3 Å². The Balaban J connectivity index is 1.13. The molecule has 1 atom stereocenters. The van der Waals surface area contributed by atoms with Crippen molar-refractivity contribution in [1.29, 1.82) is 0 Å². The molecule has 1 saturated heterocycles. The predicted octanol–water partition coefficient (Wildman–Crippen LogP) is 7.82. The lowest BCUT2D eigenvalue weighted by Crippen LogP contribution is -2.53. The Bertz CT molecular complexity index is 2550. The first-order chi connectivity index (χ1) is 28.4. The standard InChI is InChI=1S/C46H42F3N7O3/c1-31-28-54(23-24-55(31)32(2)57)44-50-26-34(27-51-44)33-19-21-39-42(25-33)56(53(3)43(39)58)29-41-40(46(47,48)49)22-20-38(52-41)30-59-45(35-13-7-4-8-14-35,36-15-9-5-10-16-36)37-17-11-6-12-18-37/h4-22,25-27,31H,23-24,28-30H2,1-3H3. The number of hydrogen-bond acceptors (Lipinski definition) is 7. The van der Waals surface area contributed by atoms with E-state index in [2.05, 4.69) is 15.0 Å². The van der Waals surface area contributed by atoms with E-state index in [0.717, 1.165) is 22.8 Å². The number of carbonyl (C=O) groups excluding carboxylic acids is 1. The molecule has 13 heteroatoms. The minimum absolute atomic E-state index is 0.00809. The van der Waals surface area contributed by atoms with E-state index in [9.17, 15) is 22.8 Å². The van der Waals surface area contributed by atoms with Crippen molar-refractivity contribution >= 4 is 22.8 Å². The van der Waals surface area contributed by atoms with Crippen molar-refractivity contribution in [3.05, 3.63) is 178 Å². The molecule has 4 heterocycles. The lowest BCUT2D eigenvalue weighted by atomic mass is 9.80. The first-order valence-electron chi connectivity index (χ1n) is 19.3. The third-order valence-electron chi connectivity index (χ3n) is 11.1. The Labute approximate surface area is 339 Å². The summed E-state index contributed by atoms with van der Waals surface area (Å²) in [4.78, 5) is 43.1. The number of benzene rings is 4. The van der Waals surface area contributed by atoms with E-state index in [0.29, 0.717) is 47.6 Å². The summed E-state index contributed by atoms with van der Waals surface area (Å²) in [6, 6.07) is 36.7. The van der Waals surface area contributed by atoms with Gasteiger partial charge in [0.2, 0.25) is 11.9 Å². The molecule has 7 aromatic rings. The van der Waals surface area contributed by atoms with E-state index >= 15 is 0 Å². The number of alkyl halides is 3. The van der Waals surface area contributed by atoms with Gasteiger partial charge in [-0.05, 0) is 53.4 Å². The second-order valence-corrected chi connectivity index (χ2v) is 14.8. The van der Waals surface area contributed by atoms with Gasteiger partial charge in [-0.3, -0.25) is 23.9 Å². The lowest BCUT2D eigenvalue weighted by molar-refractivity contribution is -0.138. The Kier molecular flexibility index (Phi) is 10.6. The molecule has 1 aliphatic heterocycles. The molecule has 1 fully saturated rings. The summed E-state index contributed by atoms with van der Waals surface area (Å²) in [5.74, 6) is 0.563. The van der Waals surface area contributed by atoms with Crippen molar-refractivity contribution in [3.63, 3.8) is 0 Å². The third kappa shape index (κ3) is 7.61. The van der Waals surface area contributed by atoms with E-state index in [1.54, 1.807) is 37.5 Å². The Morgan fingerprint density at radius 2 is 1.39 bits per heavy atom. The summed E-state index contributed by atoms with van der Waals surface area (Å²) < 4.78 is 53.8. The van der Waals surface area contributed by atoms with E-state index in [1.807, 2.05) is 108 Å². The maximum Gasteiger partial charge on any atom is 0.418 e. The van der Waals surface area contributed by atoms with Gasteiger partial charge < -0.3 is 14.5 Å². The van der Waals surface area contributed by atoms with Crippen molar-refractivity contribution in [2.75, 3.05) is 24.5 Å². The van der Waals surface area contributed by atoms with E-state index in [4.69, 9.17) is 4.74 Å². The highest BCUT2D eigenvalue weighted by molar-refractivity contribution is 5.84. The SMILES string of the molecule is CC(=O)N1CCN(c2ncc(-c3ccc4c(=O)n(C)n(Cc5nc(COC(c6ccccc6)(c6ccccc6)c6ccccc6)ccc5C(F)(F)F)c4c3)cn2)CC1C. The molecule has 4 aromatic carbocycles. The number of fused-ring (bicyclic) bond motifs is 1. The number of ether oxygens (including phenoxy) is 1. The number of piperazine rings is 1. The lowest BCUT2D eigenvalue weighted by Gasteiger charge is -2.39. The van der Waals surface area contributed by atoms with Gasteiger partial charge in [0.1, 0.15) is 5.60 Å². The molecule has 300 valence electrons. The average molecular weight is 798 g/mol. The molecule has 0 spiro atoms. The van der Waals surface area contributed by atoms with Crippen LogP contribution in [0.25, 0.3) is 22.0 Å². The molecule has 0 saturated carbocycles. The largest absolute Gasteiger partial charge is 0.418 e. The molecule has 59 heavy (non-hydrogen) atoms. The Morgan fingerprint density at radius 1 is 0.797 bits per heavy atom. The van der Waals surface area contributed by atoms with Gasteiger partial charge in [-0.2, -0.15) is 13.2 Å². The highest BCUT2D eigenvalue weighted by Crippen LogP contribution is 2.41. The summed E-state index contributed by atoms with van der Waals surface area (Å²) in [6.45, 7) is 4.84. The topological polar surface area (TPSA) is 98.4 Å². The molecule has 0 bridgehead atoms. The zero-order valence-corrected chi connectivity index (χ0v) is 32.8. The van der Waals surface area contributed by atoms with Gasteiger partial charge in [-0.1, -0.05) is 97.1 Å². The zero-order valence-electron chi connectivity index (χ0n) is 32.8. The summed E-state index contributed by atoms with van der Waals surface area (Å²) >= 11 is 0. The first-order valence-corrected chi connectivity index (χ1v) is 19.3. The molecule has 3 aromatic heterocycles. The number of pyridine rings is 1. The normalized spacial score (nSPS) is 14.8. The monoisotopic (exact) mass is 797 g/mol. The molecular weight excluding hydrogens is 756 g/mol. The van der Waals surface area contributed by atoms with Gasteiger partial charge in [0.15, 0.2) is 0 Å². The molecule has 1 aliphatic rings. The molecule has 0 N–H and O–H groups in total. The van der Waals surface area contributed by atoms with E-state index in [-0.39, 0.29) is 42.0 Å². The van der Waals surface area contributed by atoms with Gasteiger partial charge in [0.05, 0.1) is 41.0 Å². The quantitative estimate of drug-likeness (QED) is 0.130. The van der Waals surface area contributed by atoms with Crippen LogP contribution in [0.5, 0.6) is 0 Å². The summed E-state index contributed by atoms with van der Waals surface area (Å²) in [5.41, 5.74) is 1.97. The number of aromatic nitrogens is 5. The molecule has 10 nitrogen and oxygen atoms in total. The summed E-state index contributed by atoms with van der Waals surface area (Å²) in [6.07, 6.45) is -1.35. The van der Waals surface area contributed by atoms with E-state index in [1.165, 1.54) is 22.5 Å². The van der Waals surface area contributed by atoms with Gasteiger partial charge in [0, 0.05) is 57.6 Å². The van der Waals surface area contributed by atoms with Crippen LogP contribution in [0.15, 0.2) is 139 Å². The minimum atomic E-state index is -4.72. The van der Waals surface area contributed by atoms with Crippen LogP contribution >= 0.6 is 0 Å². The van der Waals surface area contributed by atoms with Crippen molar-refractivity contribution in [1.82, 2.24) is 29.2 Å². The van der Waals surface area contributed by atoms with Gasteiger partial charge in [0.25, 0.3) is 5.56 Å². The van der Waals surface area contributed by atoms with Crippen LogP contribution in [0.2, 0.25) is 0 Å². The van der Waals surface area contributed by atoms with Gasteiger partial charge in [-0.25, -0.2) is 9.97 Å². The van der Waals surface area contributed by atoms with Crippen molar-refractivity contribution in [2.24, 2.45) is 7.05 Å². The zero-order chi connectivity index (χ0) is 41.3. The summed E-state index contributed by atoms with van der Waals surface area (Å²) in [7, 11) is 1.53. The van der Waals surface area contributed by atoms with Crippen molar-refractivity contribution in [3.8, 4) is 11.1 Å².